The topological polar surface area (TPSA) is 37.8 Å². The van der Waals surface area contributed by atoms with Gasteiger partial charge in [0.1, 0.15) is 0 Å². The Hall–Kier alpha value is -2.10. The second-order valence-electron chi connectivity index (χ2n) is 5.18. The van der Waals surface area contributed by atoms with Crippen LogP contribution in [0.25, 0.3) is 11.3 Å². The van der Waals surface area contributed by atoms with Crippen molar-refractivity contribution in [2.75, 3.05) is 5.32 Å². The molecule has 2 heterocycles. The van der Waals surface area contributed by atoms with Gasteiger partial charge in [0.25, 0.3) is 0 Å². The van der Waals surface area contributed by atoms with Crippen LogP contribution < -0.4 is 5.32 Å². The summed E-state index contributed by atoms with van der Waals surface area (Å²) >= 11 is 12.2. The Morgan fingerprint density at radius 1 is 1.00 bits per heavy atom. The fourth-order valence-electron chi connectivity index (χ4n) is 2.30. The van der Waals surface area contributed by atoms with Crippen molar-refractivity contribution in [1.82, 2.24) is 9.97 Å². The third-order valence-corrected chi connectivity index (χ3v) is 4.01. The number of pyridine rings is 2. The van der Waals surface area contributed by atoms with Crippen molar-refractivity contribution in [1.29, 1.82) is 0 Å². The van der Waals surface area contributed by atoms with Gasteiger partial charge in [-0.1, -0.05) is 29.3 Å². The van der Waals surface area contributed by atoms with Crippen LogP contribution in [-0.2, 0) is 0 Å². The van der Waals surface area contributed by atoms with Crippen LogP contribution in [-0.4, -0.2) is 9.97 Å². The van der Waals surface area contributed by atoms with Crippen molar-refractivity contribution in [2.24, 2.45) is 0 Å². The third kappa shape index (κ3) is 3.81. The molecule has 1 atom stereocenters. The predicted octanol–water partition coefficient (Wildman–Crippen LogP) is 5.62. The fourth-order valence-corrected chi connectivity index (χ4v) is 2.72. The number of nitrogens with one attached hydrogen (secondary N) is 1. The molecule has 0 saturated heterocycles. The number of aromatic nitrogens is 2. The number of hydrogen-bond acceptors (Lipinski definition) is 3. The maximum atomic E-state index is 6.17. The molecule has 0 amide bonds. The molecule has 3 aromatic rings. The van der Waals surface area contributed by atoms with E-state index in [9.17, 15) is 0 Å². The van der Waals surface area contributed by atoms with E-state index in [-0.39, 0.29) is 6.04 Å². The lowest BCUT2D eigenvalue weighted by atomic mass is 10.1. The first kappa shape index (κ1) is 15.8. The first-order valence-corrected chi connectivity index (χ1v) is 7.98. The molecule has 1 N–H and O–H groups in total. The fraction of sp³-hybridized carbons (Fsp3) is 0.111. The molecule has 116 valence electrons. The molecule has 0 radical (unpaired) electrons. The van der Waals surface area contributed by atoms with E-state index in [1.54, 1.807) is 12.4 Å². The van der Waals surface area contributed by atoms with Crippen LogP contribution >= 0.6 is 23.2 Å². The van der Waals surface area contributed by atoms with Crippen LogP contribution in [0.15, 0.2) is 60.9 Å². The van der Waals surface area contributed by atoms with Crippen LogP contribution in [0.5, 0.6) is 0 Å². The van der Waals surface area contributed by atoms with E-state index < -0.39 is 0 Å². The zero-order valence-electron chi connectivity index (χ0n) is 12.5. The van der Waals surface area contributed by atoms with E-state index in [1.165, 1.54) is 0 Å². The van der Waals surface area contributed by atoms with Crippen molar-refractivity contribution < 1.29 is 0 Å². The first-order chi connectivity index (χ1) is 11.1. The third-order valence-electron chi connectivity index (χ3n) is 3.47. The second kappa shape index (κ2) is 6.99. The summed E-state index contributed by atoms with van der Waals surface area (Å²) in [5.41, 5.74) is 3.53. The molecule has 5 heteroatoms. The minimum Gasteiger partial charge on any atom is -0.377 e. The molecule has 0 fully saturated rings. The number of hydrogen-bond donors (Lipinski definition) is 1. The lowest BCUT2D eigenvalue weighted by molar-refractivity contribution is 0.840. The lowest BCUT2D eigenvalue weighted by Gasteiger charge is -2.15. The first-order valence-electron chi connectivity index (χ1n) is 7.22. The van der Waals surface area contributed by atoms with Crippen molar-refractivity contribution >= 4 is 28.9 Å². The number of rotatable bonds is 4. The SMILES string of the molecule is CC(Nc1cccc(Cl)c1)c1ccc(-c2ncccc2Cl)cn1. The summed E-state index contributed by atoms with van der Waals surface area (Å²) in [6.07, 6.45) is 3.51. The predicted molar refractivity (Wildman–Crippen MR) is 96.0 cm³/mol. The molecular weight excluding hydrogens is 329 g/mol. The summed E-state index contributed by atoms with van der Waals surface area (Å²) in [4.78, 5) is 8.82. The number of anilines is 1. The highest BCUT2D eigenvalue weighted by Gasteiger charge is 2.09. The molecule has 0 saturated carbocycles. The van der Waals surface area contributed by atoms with E-state index in [0.717, 1.165) is 22.6 Å². The van der Waals surface area contributed by atoms with Crippen LogP contribution in [0.4, 0.5) is 5.69 Å². The number of benzene rings is 1. The highest BCUT2D eigenvalue weighted by Crippen LogP contribution is 2.26. The zero-order valence-corrected chi connectivity index (χ0v) is 14.0. The molecule has 0 bridgehead atoms. The van der Waals surface area contributed by atoms with Gasteiger partial charge in [0.15, 0.2) is 0 Å². The van der Waals surface area contributed by atoms with E-state index in [2.05, 4.69) is 22.2 Å². The van der Waals surface area contributed by atoms with Crippen molar-refractivity contribution in [3.05, 3.63) is 76.7 Å². The molecule has 3 nitrogen and oxygen atoms in total. The highest BCUT2D eigenvalue weighted by molar-refractivity contribution is 6.33. The number of nitrogens with zero attached hydrogens (tertiary/aromatic N) is 2. The van der Waals surface area contributed by atoms with Crippen molar-refractivity contribution in [3.8, 4) is 11.3 Å². The minimum absolute atomic E-state index is 0.0571. The van der Waals surface area contributed by atoms with Gasteiger partial charge >= 0.3 is 0 Å². The Balaban J connectivity index is 1.78. The minimum atomic E-state index is 0.0571. The van der Waals surface area contributed by atoms with Gasteiger partial charge in [-0.3, -0.25) is 9.97 Å². The molecule has 0 aliphatic rings. The van der Waals surface area contributed by atoms with E-state index in [4.69, 9.17) is 23.2 Å². The quantitative estimate of drug-likeness (QED) is 0.667. The van der Waals surface area contributed by atoms with E-state index in [0.29, 0.717) is 10.0 Å². The van der Waals surface area contributed by atoms with Gasteiger partial charge in [-0.2, -0.15) is 0 Å². The summed E-state index contributed by atoms with van der Waals surface area (Å²) in [6.45, 7) is 2.05. The van der Waals surface area contributed by atoms with Crippen LogP contribution in [0.2, 0.25) is 10.0 Å². The zero-order chi connectivity index (χ0) is 16.2. The average Bonchev–Trinajstić information content (AvgIpc) is 2.55. The summed E-state index contributed by atoms with van der Waals surface area (Å²) < 4.78 is 0. The molecule has 0 aliphatic heterocycles. The summed E-state index contributed by atoms with van der Waals surface area (Å²) in [6, 6.07) is 15.3. The van der Waals surface area contributed by atoms with Crippen LogP contribution in [0.1, 0.15) is 18.7 Å². The Kier molecular flexibility index (Phi) is 4.79. The molecule has 1 aromatic carbocycles. The highest BCUT2D eigenvalue weighted by atomic mass is 35.5. The van der Waals surface area contributed by atoms with Crippen LogP contribution in [0.3, 0.4) is 0 Å². The maximum absolute atomic E-state index is 6.17. The normalized spacial score (nSPS) is 12.0. The monoisotopic (exact) mass is 343 g/mol. The van der Waals surface area contributed by atoms with Crippen molar-refractivity contribution in [3.63, 3.8) is 0 Å². The van der Waals surface area contributed by atoms with Gasteiger partial charge in [-0.25, -0.2) is 0 Å². The van der Waals surface area contributed by atoms with Crippen LogP contribution in [0, 0.1) is 0 Å². The second-order valence-corrected chi connectivity index (χ2v) is 6.03. The summed E-state index contributed by atoms with van der Waals surface area (Å²) in [5, 5.41) is 4.70. The molecule has 1 unspecified atom stereocenters. The maximum Gasteiger partial charge on any atom is 0.0903 e. The molecule has 0 spiro atoms. The smallest absolute Gasteiger partial charge is 0.0903 e. The molecule has 23 heavy (non-hydrogen) atoms. The van der Waals surface area contributed by atoms with Crippen molar-refractivity contribution in [2.45, 2.75) is 13.0 Å². The molecular formula is C18H15Cl2N3. The molecule has 2 aromatic heterocycles. The lowest BCUT2D eigenvalue weighted by Crippen LogP contribution is -2.08. The summed E-state index contributed by atoms with van der Waals surface area (Å²) in [7, 11) is 0. The van der Waals surface area contributed by atoms with Gasteiger partial charge in [0.2, 0.25) is 0 Å². The Morgan fingerprint density at radius 2 is 1.87 bits per heavy atom. The van der Waals surface area contributed by atoms with Gasteiger partial charge in [-0.05, 0) is 49.4 Å². The average molecular weight is 344 g/mol. The molecule has 0 aliphatic carbocycles. The Morgan fingerprint density at radius 3 is 2.57 bits per heavy atom. The largest absolute Gasteiger partial charge is 0.377 e. The van der Waals surface area contributed by atoms with Gasteiger partial charge in [-0.15, -0.1) is 0 Å². The number of halogens is 2. The Bertz CT molecular complexity index is 803. The van der Waals surface area contributed by atoms with Gasteiger partial charge in [0, 0.05) is 28.7 Å². The summed E-state index contributed by atoms with van der Waals surface area (Å²) in [5.74, 6) is 0. The Labute approximate surface area is 145 Å². The van der Waals surface area contributed by atoms with Gasteiger partial charge < -0.3 is 5.32 Å². The van der Waals surface area contributed by atoms with E-state index in [1.807, 2.05) is 48.5 Å². The van der Waals surface area contributed by atoms with Gasteiger partial charge in [0.05, 0.1) is 22.5 Å². The standard InChI is InChI=1S/C18H15Cl2N3/c1-12(23-15-5-2-4-14(19)10-15)17-8-7-13(11-22-17)18-16(20)6-3-9-21-18/h2-12,23H,1H3. The molecule has 3 rings (SSSR count). The van der Waals surface area contributed by atoms with E-state index >= 15 is 0 Å².